The van der Waals surface area contributed by atoms with Crippen LogP contribution in [0.15, 0.2) is 60.7 Å². The Morgan fingerprint density at radius 1 is 1.04 bits per heavy atom. The van der Waals surface area contributed by atoms with Crippen molar-refractivity contribution in [3.63, 3.8) is 0 Å². The number of hydrogen-bond acceptors (Lipinski definition) is 4. The molecule has 0 spiro atoms. The van der Waals surface area contributed by atoms with Gasteiger partial charge in [-0.05, 0) is 23.4 Å². The lowest BCUT2D eigenvalue weighted by atomic mass is 9.88. The van der Waals surface area contributed by atoms with E-state index in [1.54, 1.807) is 0 Å². The molecule has 0 bridgehead atoms. The number of aliphatic carboxylic acids is 2. The van der Waals surface area contributed by atoms with Crippen molar-refractivity contribution in [1.82, 2.24) is 5.32 Å². The third-order valence-corrected chi connectivity index (χ3v) is 4.57. The number of carboxylic acids is 2. The molecule has 0 aromatic heterocycles. The fourth-order valence-electron chi connectivity index (χ4n) is 3.26. The first kappa shape index (κ1) is 19.4. The minimum absolute atomic E-state index is 0.00882. The Morgan fingerprint density at radius 2 is 1.71 bits per heavy atom. The van der Waals surface area contributed by atoms with Crippen molar-refractivity contribution < 1.29 is 19.8 Å². The Kier molecular flexibility index (Phi) is 5.91. The van der Waals surface area contributed by atoms with E-state index in [-0.39, 0.29) is 6.54 Å². The summed E-state index contributed by atoms with van der Waals surface area (Å²) >= 11 is 0. The number of aryl methyl sites for hydroxylation is 1. The van der Waals surface area contributed by atoms with Gasteiger partial charge in [0.05, 0.1) is 6.54 Å². The molecule has 0 aliphatic carbocycles. The van der Waals surface area contributed by atoms with E-state index in [4.69, 9.17) is 10.2 Å². The Balaban J connectivity index is 0.000000169. The van der Waals surface area contributed by atoms with Crippen LogP contribution < -0.4 is 10.6 Å². The molecule has 1 aliphatic heterocycles. The molecule has 3 aromatic rings. The van der Waals surface area contributed by atoms with Crippen molar-refractivity contribution in [3.8, 4) is 0 Å². The lowest BCUT2D eigenvalue weighted by Crippen LogP contribution is -2.31. The zero-order chi connectivity index (χ0) is 20.1. The van der Waals surface area contributed by atoms with Gasteiger partial charge < -0.3 is 20.8 Å². The van der Waals surface area contributed by atoms with Crippen LogP contribution in [-0.2, 0) is 16.1 Å². The molecule has 0 fully saturated rings. The second-order valence-electron chi connectivity index (χ2n) is 6.60. The average molecular weight is 378 g/mol. The van der Waals surface area contributed by atoms with Gasteiger partial charge in [0.25, 0.3) is 0 Å². The maximum atomic E-state index is 11.0. The molecule has 0 amide bonds. The second kappa shape index (κ2) is 8.54. The average Bonchev–Trinajstić information content (AvgIpc) is 2.62. The molecule has 0 saturated carbocycles. The molecule has 1 atom stereocenters. The number of carbonyl (C=O) groups is 2. The molecule has 4 N–H and O–H groups in total. The normalized spacial score (nSPS) is 14.1. The van der Waals surface area contributed by atoms with E-state index in [1.807, 2.05) is 67.6 Å². The predicted molar refractivity (Wildman–Crippen MR) is 108 cm³/mol. The van der Waals surface area contributed by atoms with Crippen molar-refractivity contribution in [2.75, 3.05) is 11.9 Å². The lowest BCUT2D eigenvalue weighted by Gasteiger charge is -2.32. The molecule has 1 unspecified atom stereocenters. The second-order valence-corrected chi connectivity index (χ2v) is 6.60. The molecule has 3 aromatic carbocycles. The van der Waals surface area contributed by atoms with Gasteiger partial charge in [-0.25, -0.2) is 4.79 Å². The first-order valence-electron chi connectivity index (χ1n) is 8.95. The first-order chi connectivity index (χ1) is 13.5. The molecule has 144 valence electrons. The maximum absolute atomic E-state index is 11.0. The molecular formula is C22H22N2O4. The summed E-state index contributed by atoms with van der Waals surface area (Å²) in [6.07, 6.45) is 0. The highest BCUT2D eigenvalue weighted by Gasteiger charge is 2.34. The fourth-order valence-corrected chi connectivity index (χ4v) is 3.26. The highest BCUT2D eigenvalue weighted by atomic mass is 16.4. The van der Waals surface area contributed by atoms with Crippen molar-refractivity contribution in [2.24, 2.45) is 0 Å². The maximum Gasteiger partial charge on any atom is 0.330 e. The zero-order valence-electron chi connectivity index (χ0n) is 15.5. The summed E-state index contributed by atoms with van der Waals surface area (Å²) in [6.45, 7) is 2.57. The molecule has 1 aliphatic rings. The summed E-state index contributed by atoms with van der Waals surface area (Å²) in [7, 11) is 0. The minimum Gasteiger partial charge on any atom is -0.480 e. The summed E-state index contributed by atoms with van der Waals surface area (Å²) in [4.78, 5) is 21.1. The molecule has 28 heavy (non-hydrogen) atoms. The highest BCUT2D eigenvalue weighted by molar-refractivity contribution is 6.03. The van der Waals surface area contributed by atoms with E-state index in [9.17, 15) is 9.59 Å². The standard InChI is InChI=1S/C13H11NO2.C9H11NO2/c1-7-6-8-4-2-3-5-9(8)11-10(7)12(14-11)13(15)16;11-9(12)7-10-6-8-4-2-1-3-5-8/h2-6,12,14H,1H3,(H,15,16);1-5,10H,6-7H2,(H,11,12). The topological polar surface area (TPSA) is 98.7 Å². The molecular weight excluding hydrogens is 356 g/mol. The number of fused-ring (bicyclic) bond motifs is 3. The number of anilines is 1. The van der Waals surface area contributed by atoms with Gasteiger partial charge >= 0.3 is 11.9 Å². The minimum atomic E-state index is -0.828. The van der Waals surface area contributed by atoms with Gasteiger partial charge in [0, 0.05) is 23.2 Å². The smallest absolute Gasteiger partial charge is 0.330 e. The zero-order valence-corrected chi connectivity index (χ0v) is 15.5. The molecule has 1 heterocycles. The molecule has 0 radical (unpaired) electrons. The third-order valence-electron chi connectivity index (χ3n) is 4.57. The van der Waals surface area contributed by atoms with Gasteiger partial charge in [0.15, 0.2) is 6.04 Å². The molecule has 6 heteroatoms. The molecule has 4 rings (SSSR count). The van der Waals surface area contributed by atoms with Crippen molar-refractivity contribution in [3.05, 3.63) is 77.4 Å². The van der Waals surface area contributed by atoms with Crippen LogP contribution in [0.5, 0.6) is 0 Å². The van der Waals surface area contributed by atoms with Crippen LogP contribution in [0.25, 0.3) is 10.8 Å². The summed E-state index contributed by atoms with van der Waals surface area (Å²) in [5.41, 5.74) is 4.04. The van der Waals surface area contributed by atoms with E-state index in [0.29, 0.717) is 6.54 Å². The van der Waals surface area contributed by atoms with E-state index in [1.165, 1.54) is 0 Å². The quantitative estimate of drug-likeness (QED) is 0.542. The highest BCUT2D eigenvalue weighted by Crippen LogP contribution is 2.43. The van der Waals surface area contributed by atoms with Crippen LogP contribution >= 0.6 is 0 Å². The number of nitrogens with one attached hydrogen (secondary N) is 2. The number of rotatable bonds is 5. The van der Waals surface area contributed by atoms with Gasteiger partial charge in [-0.2, -0.15) is 0 Å². The Morgan fingerprint density at radius 3 is 2.39 bits per heavy atom. The monoisotopic (exact) mass is 378 g/mol. The largest absolute Gasteiger partial charge is 0.480 e. The van der Waals surface area contributed by atoms with Crippen molar-refractivity contribution in [1.29, 1.82) is 0 Å². The van der Waals surface area contributed by atoms with Crippen LogP contribution in [0, 0.1) is 6.92 Å². The van der Waals surface area contributed by atoms with Gasteiger partial charge in [0.2, 0.25) is 0 Å². The van der Waals surface area contributed by atoms with Crippen LogP contribution in [0.1, 0.15) is 22.7 Å². The van der Waals surface area contributed by atoms with E-state index in [2.05, 4.69) is 10.6 Å². The Hall–Kier alpha value is -3.38. The van der Waals surface area contributed by atoms with Gasteiger partial charge in [-0.3, -0.25) is 4.79 Å². The van der Waals surface area contributed by atoms with Crippen LogP contribution in [0.3, 0.4) is 0 Å². The van der Waals surface area contributed by atoms with Crippen molar-refractivity contribution in [2.45, 2.75) is 19.5 Å². The first-order valence-corrected chi connectivity index (χ1v) is 8.95. The SMILES string of the molecule is Cc1cc2ccccc2c2c1C(C(=O)O)N2.O=C(O)CNCc1ccccc1. The van der Waals surface area contributed by atoms with E-state index >= 15 is 0 Å². The van der Waals surface area contributed by atoms with Gasteiger partial charge in [-0.15, -0.1) is 0 Å². The summed E-state index contributed by atoms with van der Waals surface area (Å²) in [6, 6.07) is 19.2. The van der Waals surface area contributed by atoms with Crippen LogP contribution in [0.2, 0.25) is 0 Å². The van der Waals surface area contributed by atoms with E-state index in [0.717, 1.165) is 33.2 Å². The number of carboxylic acid groups (broad SMARTS) is 2. The summed E-state index contributed by atoms with van der Waals surface area (Å²) in [5, 5.41) is 25.4. The van der Waals surface area contributed by atoms with Crippen LogP contribution in [0.4, 0.5) is 5.69 Å². The molecule has 0 saturated heterocycles. The lowest BCUT2D eigenvalue weighted by molar-refractivity contribution is -0.138. The Labute approximate surface area is 162 Å². The molecule has 6 nitrogen and oxygen atoms in total. The number of benzene rings is 3. The van der Waals surface area contributed by atoms with Gasteiger partial charge in [-0.1, -0.05) is 60.7 Å². The van der Waals surface area contributed by atoms with Crippen molar-refractivity contribution >= 4 is 28.4 Å². The third kappa shape index (κ3) is 4.29. The fraction of sp³-hybridized carbons (Fsp3) is 0.182. The summed E-state index contributed by atoms with van der Waals surface area (Å²) < 4.78 is 0. The van der Waals surface area contributed by atoms with E-state index < -0.39 is 18.0 Å². The predicted octanol–water partition coefficient (Wildman–Crippen LogP) is 3.56. The summed E-state index contributed by atoms with van der Waals surface area (Å²) in [5.74, 6) is -1.64. The van der Waals surface area contributed by atoms with Gasteiger partial charge in [0.1, 0.15) is 0 Å². The number of hydrogen-bond donors (Lipinski definition) is 4. The van der Waals surface area contributed by atoms with Crippen LogP contribution in [-0.4, -0.2) is 28.7 Å². The Bertz CT molecular complexity index is 1000.